The Balaban J connectivity index is 1.97. The molecule has 1 unspecified atom stereocenters. The van der Waals surface area contributed by atoms with Gasteiger partial charge in [0, 0.05) is 19.5 Å². The molecule has 0 aliphatic rings. The maximum atomic E-state index is 13.6. The highest BCUT2D eigenvalue weighted by atomic mass is 35.5. The summed E-state index contributed by atoms with van der Waals surface area (Å²) in [5.41, 5.74) is 3.79. The molecule has 0 aliphatic carbocycles. The first-order valence-corrected chi connectivity index (χ1v) is 11.7. The average Bonchev–Trinajstić information content (AvgIpc) is 2.79. The van der Waals surface area contributed by atoms with Crippen LogP contribution >= 0.6 is 23.2 Å². The number of carbonyl (C=O) groups excluding carboxylic acids is 2. The number of amides is 2. The summed E-state index contributed by atoms with van der Waals surface area (Å²) in [6.07, 6.45) is 0.612. The van der Waals surface area contributed by atoms with E-state index in [1.165, 1.54) is 0 Å². The predicted octanol–water partition coefficient (Wildman–Crippen LogP) is 5.62. The van der Waals surface area contributed by atoms with Crippen molar-refractivity contribution >= 4 is 35.0 Å². The molecule has 33 heavy (non-hydrogen) atoms. The summed E-state index contributed by atoms with van der Waals surface area (Å²) in [4.78, 5) is 28.4. The lowest BCUT2D eigenvalue weighted by atomic mass is 10.0. The molecule has 6 heteroatoms. The molecular formula is C27H28Cl2N2O2. The average molecular weight is 483 g/mol. The van der Waals surface area contributed by atoms with E-state index in [4.69, 9.17) is 23.2 Å². The maximum Gasteiger partial charge on any atom is 0.243 e. The van der Waals surface area contributed by atoms with Gasteiger partial charge in [-0.3, -0.25) is 9.59 Å². The molecule has 4 nitrogen and oxygen atoms in total. The van der Waals surface area contributed by atoms with Gasteiger partial charge in [0.1, 0.15) is 6.04 Å². The van der Waals surface area contributed by atoms with Crippen LogP contribution in [0.1, 0.15) is 29.2 Å². The second-order valence-electron chi connectivity index (χ2n) is 8.04. The Bertz CT molecular complexity index is 1100. The summed E-state index contributed by atoms with van der Waals surface area (Å²) in [6.45, 7) is 4.59. The minimum atomic E-state index is -0.667. The molecule has 0 saturated heterocycles. The Labute approximate surface area is 205 Å². The minimum absolute atomic E-state index is 0.126. The zero-order chi connectivity index (χ0) is 23.8. The van der Waals surface area contributed by atoms with Crippen molar-refractivity contribution in [3.8, 4) is 0 Å². The molecule has 0 bridgehead atoms. The fraction of sp³-hybridized carbons (Fsp3) is 0.259. The minimum Gasteiger partial charge on any atom is -0.355 e. The van der Waals surface area contributed by atoms with Crippen LogP contribution in [0.2, 0.25) is 10.0 Å². The second kappa shape index (κ2) is 11.9. The molecule has 0 aliphatic heterocycles. The first-order chi connectivity index (χ1) is 15.9. The molecule has 1 atom stereocenters. The Morgan fingerprint density at radius 2 is 1.61 bits per heavy atom. The number of hydrogen-bond acceptors (Lipinski definition) is 2. The van der Waals surface area contributed by atoms with Gasteiger partial charge in [-0.05, 0) is 42.7 Å². The summed E-state index contributed by atoms with van der Waals surface area (Å²) >= 11 is 12.3. The van der Waals surface area contributed by atoms with Gasteiger partial charge in [0.2, 0.25) is 11.8 Å². The van der Waals surface area contributed by atoms with Crippen LogP contribution in [-0.2, 0) is 29.0 Å². The highest BCUT2D eigenvalue weighted by molar-refractivity contribution is 6.42. The molecule has 3 aromatic carbocycles. The molecule has 3 rings (SSSR count). The lowest BCUT2D eigenvalue weighted by Gasteiger charge is -2.31. The molecular weight excluding hydrogens is 455 g/mol. The normalized spacial score (nSPS) is 11.6. The molecule has 0 fully saturated rings. The smallest absolute Gasteiger partial charge is 0.243 e. The van der Waals surface area contributed by atoms with Crippen LogP contribution in [0.15, 0.2) is 72.8 Å². The van der Waals surface area contributed by atoms with Crippen molar-refractivity contribution in [2.75, 3.05) is 6.54 Å². The maximum absolute atomic E-state index is 13.6. The van der Waals surface area contributed by atoms with Crippen LogP contribution in [0, 0.1) is 6.92 Å². The zero-order valence-corrected chi connectivity index (χ0v) is 20.4. The standard InChI is InChI=1S/C27H28Cl2N2O2/c1-3-30-27(33)25(16-20-9-5-4-6-10-20)31(18-22-12-13-23(28)24(29)15-22)26(32)17-21-11-7-8-19(2)14-21/h4-15,25H,3,16-18H2,1-2H3,(H,30,33). The van der Waals surface area contributed by atoms with E-state index in [0.29, 0.717) is 23.0 Å². The van der Waals surface area contributed by atoms with Gasteiger partial charge in [-0.1, -0.05) is 89.4 Å². The third-order valence-electron chi connectivity index (χ3n) is 5.40. The summed E-state index contributed by atoms with van der Waals surface area (Å²) in [5, 5.41) is 3.76. The number of aryl methyl sites for hydroxylation is 1. The van der Waals surface area contributed by atoms with Crippen molar-refractivity contribution < 1.29 is 9.59 Å². The SMILES string of the molecule is CCNC(=O)C(Cc1ccccc1)N(Cc1ccc(Cl)c(Cl)c1)C(=O)Cc1cccc(C)c1. The highest BCUT2D eigenvalue weighted by Crippen LogP contribution is 2.24. The van der Waals surface area contributed by atoms with Gasteiger partial charge in [-0.2, -0.15) is 0 Å². The summed E-state index contributed by atoms with van der Waals surface area (Å²) in [5.74, 6) is -0.308. The van der Waals surface area contributed by atoms with Gasteiger partial charge in [-0.15, -0.1) is 0 Å². The van der Waals surface area contributed by atoms with E-state index in [0.717, 1.165) is 22.3 Å². The molecule has 1 N–H and O–H groups in total. The van der Waals surface area contributed by atoms with E-state index in [-0.39, 0.29) is 24.8 Å². The molecule has 0 heterocycles. The van der Waals surface area contributed by atoms with Crippen molar-refractivity contribution in [3.63, 3.8) is 0 Å². The van der Waals surface area contributed by atoms with Crippen molar-refractivity contribution in [1.29, 1.82) is 0 Å². The first-order valence-electron chi connectivity index (χ1n) is 11.0. The van der Waals surface area contributed by atoms with E-state index in [1.54, 1.807) is 17.0 Å². The number of hydrogen-bond donors (Lipinski definition) is 1. The number of halogens is 2. The molecule has 0 radical (unpaired) electrons. The molecule has 0 aromatic heterocycles. The second-order valence-corrected chi connectivity index (χ2v) is 8.85. The summed E-state index contributed by atoms with van der Waals surface area (Å²) in [6, 6.07) is 22.2. The summed E-state index contributed by atoms with van der Waals surface area (Å²) < 4.78 is 0. The Hall–Kier alpha value is -2.82. The van der Waals surface area contributed by atoms with Crippen LogP contribution in [0.4, 0.5) is 0 Å². The number of carbonyl (C=O) groups is 2. The molecule has 2 amide bonds. The van der Waals surface area contributed by atoms with E-state index < -0.39 is 6.04 Å². The van der Waals surface area contributed by atoms with Crippen molar-refractivity contribution in [2.45, 2.75) is 39.3 Å². The van der Waals surface area contributed by atoms with Gasteiger partial charge in [-0.25, -0.2) is 0 Å². The number of rotatable bonds is 9. The summed E-state index contributed by atoms with van der Waals surface area (Å²) in [7, 11) is 0. The fourth-order valence-corrected chi connectivity index (χ4v) is 4.10. The topological polar surface area (TPSA) is 49.4 Å². The number of nitrogens with zero attached hydrogens (tertiary/aromatic N) is 1. The largest absolute Gasteiger partial charge is 0.355 e. The quantitative estimate of drug-likeness (QED) is 0.430. The Morgan fingerprint density at radius 1 is 0.879 bits per heavy atom. The van der Waals surface area contributed by atoms with E-state index in [2.05, 4.69) is 5.32 Å². The van der Waals surface area contributed by atoms with Crippen LogP contribution in [0.25, 0.3) is 0 Å². The van der Waals surface area contributed by atoms with Crippen molar-refractivity contribution in [3.05, 3.63) is 105 Å². The fourth-order valence-electron chi connectivity index (χ4n) is 3.78. The zero-order valence-electron chi connectivity index (χ0n) is 18.9. The van der Waals surface area contributed by atoms with Gasteiger partial charge in [0.25, 0.3) is 0 Å². The van der Waals surface area contributed by atoms with Crippen molar-refractivity contribution in [1.82, 2.24) is 10.2 Å². The van der Waals surface area contributed by atoms with Crippen LogP contribution in [0.3, 0.4) is 0 Å². The molecule has 0 saturated carbocycles. The monoisotopic (exact) mass is 482 g/mol. The van der Waals surface area contributed by atoms with Crippen molar-refractivity contribution in [2.24, 2.45) is 0 Å². The first kappa shape index (κ1) is 24.8. The van der Waals surface area contributed by atoms with E-state index in [9.17, 15) is 9.59 Å². The Morgan fingerprint density at radius 3 is 2.27 bits per heavy atom. The van der Waals surface area contributed by atoms with Gasteiger partial charge >= 0.3 is 0 Å². The van der Waals surface area contributed by atoms with E-state index >= 15 is 0 Å². The third-order valence-corrected chi connectivity index (χ3v) is 6.14. The number of benzene rings is 3. The van der Waals surface area contributed by atoms with E-state index in [1.807, 2.05) is 74.5 Å². The van der Waals surface area contributed by atoms with Crippen LogP contribution in [-0.4, -0.2) is 29.3 Å². The predicted molar refractivity (Wildman–Crippen MR) is 135 cm³/mol. The molecule has 3 aromatic rings. The van der Waals surface area contributed by atoms with Gasteiger partial charge < -0.3 is 10.2 Å². The number of nitrogens with one attached hydrogen (secondary N) is 1. The molecule has 0 spiro atoms. The van der Waals surface area contributed by atoms with Crippen LogP contribution in [0.5, 0.6) is 0 Å². The van der Waals surface area contributed by atoms with Gasteiger partial charge in [0.05, 0.1) is 16.5 Å². The van der Waals surface area contributed by atoms with Crippen LogP contribution < -0.4 is 5.32 Å². The lowest BCUT2D eigenvalue weighted by Crippen LogP contribution is -2.50. The van der Waals surface area contributed by atoms with Gasteiger partial charge in [0.15, 0.2) is 0 Å². The Kier molecular flexibility index (Phi) is 8.93. The molecule has 172 valence electrons. The highest BCUT2D eigenvalue weighted by Gasteiger charge is 2.30. The third kappa shape index (κ3) is 7.08. The lowest BCUT2D eigenvalue weighted by molar-refractivity contribution is -0.140. The number of likely N-dealkylation sites (N-methyl/N-ethyl adjacent to an activating group) is 1.